The lowest BCUT2D eigenvalue weighted by Crippen LogP contribution is -2.48. The molecule has 0 aliphatic heterocycles. The normalized spacial score (nSPS) is 12.1. The average Bonchev–Trinajstić information content (AvgIpc) is 2.59. The van der Waals surface area contributed by atoms with E-state index < -0.39 is 12.0 Å². The highest BCUT2D eigenvalue weighted by atomic mass is 16.5. The van der Waals surface area contributed by atoms with Crippen molar-refractivity contribution in [2.24, 2.45) is 0 Å². The topological polar surface area (TPSA) is 66.8 Å². The third kappa shape index (κ3) is 3.92. The van der Waals surface area contributed by atoms with Gasteiger partial charge < -0.3 is 14.7 Å². The van der Waals surface area contributed by atoms with Crippen molar-refractivity contribution in [3.8, 4) is 0 Å². The van der Waals surface area contributed by atoms with Gasteiger partial charge in [0.25, 0.3) is 5.91 Å². The third-order valence-corrected chi connectivity index (χ3v) is 3.89. The van der Waals surface area contributed by atoms with Crippen molar-refractivity contribution in [2.45, 2.75) is 26.3 Å². The molecule has 1 atom stereocenters. The van der Waals surface area contributed by atoms with Crippen molar-refractivity contribution in [1.82, 2.24) is 4.90 Å². The Morgan fingerprint density at radius 2 is 1.83 bits per heavy atom. The van der Waals surface area contributed by atoms with Crippen LogP contribution in [0.25, 0.3) is 10.8 Å². The van der Waals surface area contributed by atoms with Gasteiger partial charge in [0.1, 0.15) is 0 Å². The molecular formula is C19H23NO4. The summed E-state index contributed by atoms with van der Waals surface area (Å²) in [5.41, 5.74) is 0.518. The van der Waals surface area contributed by atoms with E-state index in [0.29, 0.717) is 25.1 Å². The predicted octanol–water partition coefficient (Wildman–Crippen LogP) is 3.18. The molecule has 0 radical (unpaired) electrons. The number of carbonyl (C=O) groups excluding carboxylic acids is 1. The zero-order valence-electron chi connectivity index (χ0n) is 14.1. The first-order chi connectivity index (χ1) is 11.6. The predicted molar refractivity (Wildman–Crippen MR) is 93.2 cm³/mol. The number of carbonyl (C=O) groups is 2. The zero-order chi connectivity index (χ0) is 17.5. The van der Waals surface area contributed by atoms with Crippen molar-refractivity contribution in [3.05, 3.63) is 48.0 Å². The molecule has 5 nitrogen and oxygen atoms in total. The van der Waals surface area contributed by atoms with E-state index in [1.54, 1.807) is 13.0 Å². The van der Waals surface area contributed by atoms with E-state index in [1.165, 1.54) is 4.90 Å². The molecule has 1 unspecified atom stereocenters. The lowest BCUT2D eigenvalue weighted by Gasteiger charge is -2.29. The van der Waals surface area contributed by atoms with Crippen LogP contribution in [0.4, 0.5) is 0 Å². The smallest absolute Gasteiger partial charge is 0.328 e. The average molecular weight is 329 g/mol. The van der Waals surface area contributed by atoms with Gasteiger partial charge in [-0.3, -0.25) is 4.79 Å². The second kappa shape index (κ2) is 8.45. The van der Waals surface area contributed by atoms with E-state index >= 15 is 0 Å². The lowest BCUT2D eigenvalue weighted by atomic mass is 10.0. The molecule has 0 aromatic heterocycles. The Kier molecular flexibility index (Phi) is 6.32. The Morgan fingerprint density at radius 1 is 1.12 bits per heavy atom. The Labute approximate surface area is 141 Å². The summed E-state index contributed by atoms with van der Waals surface area (Å²) in [6.45, 7) is 4.49. The van der Waals surface area contributed by atoms with Gasteiger partial charge in [-0.15, -0.1) is 0 Å². The van der Waals surface area contributed by atoms with E-state index in [2.05, 4.69) is 0 Å². The number of ether oxygens (including phenoxy) is 1. The maximum Gasteiger partial charge on any atom is 0.328 e. The van der Waals surface area contributed by atoms with Crippen molar-refractivity contribution >= 4 is 22.6 Å². The van der Waals surface area contributed by atoms with E-state index in [4.69, 9.17) is 4.74 Å². The monoisotopic (exact) mass is 329 g/mol. The zero-order valence-corrected chi connectivity index (χ0v) is 14.1. The number of hydrogen-bond donors (Lipinski definition) is 1. The molecule has 0 aliphatic carbocycles. The standard InChI is InChI=1S/C19H23NO4/c1-3-12-20(17(19(22)23)13-24-4-2)18(21)16-11-7-9-14-8-5-6-10-15(14)16/h5-11,17H,3-4,12-13H2,1-2H3,(H,22,23). The fourth-order valence-corrected chi connectivity index (χ4v) is 2.73. The number of aliphatic carboxylic acids is 1. The van der Waals surface area contributed by atoms with Gasteiger partial charge in [0, 0.05) is 18.7 Å². The molecule has 0 saturated heterocycles. The van der Waals surface area contributed by atoms with Crippen LogP contribution in [0.5, 0.6) is 0 Å². The van der Waals surface area contributed by atoms with Crippen molar-refractivity contribution in [3.63, 3.8) is 0 Å². The van der Waals surface area contributed by atoms with Crippen LogP contribution in [0.3, 0.4) is 0 Å². The van der Waals surface area contributed by atoms with Crippen molar-refractivity contribution in [1.29, 1.82) is 0 Å². The summed E-state index contributed by atoms with van der Waals surface area (Å²) in [6, 6.07) is 12.1. The highest BCUT2D eigenvalue weighted by molar-refractivity contribution is 6.07. The molecule has 1 N–H and O–H groups in total. The summed E-state index contributed by atoms with van der Waals surface area (Å²) in [5, 5.41) is 11.3. The molecule has 2 aromatic carbocycles. The van der Waals surface area contributed by atoms with Crippen molar-refractivity contribution in [2.75, 3.05) is 19.8 Å². The van der Waals surface area contributed by atoms with E-state index in [9.17, 15) is 14.7 Å². The summed E-state index contributed by atoms with van der Waals surface area (Å²) in [5.74, 6) is -1.33. The molecule has 0 aliphatic rings. The first-order valence-electron chi connectivity index (χ1n) is 8.19. The second-order valence-corrected chi connectivity index (χ2v) is 5.54. The molecule has 1 amide bonds. The van der Waals surface area contributed by atoms with Crippen LogP contribution in [0.1, 0.15) is 30.6 Å². The van der Waals surface area contributed by atoms with Gasteiger partial charge in [-0.05, 0) is 30.2 Å². The molecule has 0 bridgehead atoms. The molecule has 128 valence electrons. The SMILES string of the molecule is CCCN(C(=O)c1cccc2ccccc12)C(COCC)C(=O)O. The number of benzene rings is 2. The van der Waals surface area contributed by atoms with Gasteiger partial charge in [0.15, 0.2) is 6.04 Å². The maximum absolute atomic E-state index is 13.1. The summed E-state index contributed by atoms with van der Waals surface area (Å²) in [4.78, 5) is 26.1. The first kappa shape index (κ1) is 17.9. The van der Waals surface area contributed by atoms with Crippen LogP contribution in [0.15, 0.2) is 42.5 Å². The van der Waals surface area contributed by atoms with Gasteiger partial charge in [-0.25, -0.2) is 4.79 Å². The third-order valence-electron chi connectivity index (χ3n) is 3.89. The molecule has 0 spiro atoms. The summed E-state index contributed by atoms with van der Waals surface area (Å²) in [7, 11) is 0. The van der Waals surface area contributed by atoms with Gasteiger partial charge in [-0.2, -0.15) is 0 Å². The van der Waals surface area contributed by atoms with Crippen LogP contribution < -0.4 is 0 Å². The number of amides is 1. The van der Waals surface area contributed by atoms with Gasteiger partial charge in [-0.1, -0.05) is 43.3 Å². The number of fused-ring (bicyclic) bond motifs is 1. The lowest BCUT2D eigenvalue weighted by molar-refractivity contribution is -0.144. The Balaban J connectivity index is 2.41. The molecule has 0 fully saturated rings. The van der Waals surface area contributed by atoms with Crippen LogP contribution in [-0.2, 0) is 9.53 Å². The minimum absolute atomic E-state index is 0.0116. The van der Waals surface area contributed by atoms with E-state index in [0.717, 1.165) is 10.8 Å². The highest BCUT2D eigenvalue weighted by Gasteiger charge is 2.30. The van der Waals surface area contributed by atoms with Crippen molar-refractivity contribution < 1.29 is 19.4 Å². The fourth-order valence-electron chi connectivity index (χ4n) is 2.73. The van der Waals surface area contributed by atoms with Crippen LogP contribution in [0.2, 0.25) is 0 Å². The second-order valence-electron chi connectivity index (χ2n) is 5.54. The van der Waals surface area contributed by atoms with E-state index in [1.807, 2.05) is 43.3 Å². The molecule has 0 saturated carbocycles. The molecule has 24 heavy (non-hydrogen) atoms. The summed E-state index contributed by atoms with van der Waals surface area (Å²) >= 11 is 0. The first-order valence-corrected chi connectivity index (χ1v) is 8.19. The fraction of sp³-hybridized carbons (Fsp3) is 0.368. The van der Waals surface area contributed by atoms with Crippen LogP contribution in [-0.4, -0.2) is 47.7 Å². The highest BCUT2D eigenvalue weighted by Crippen LogP contribution is 2.21. The van der Waals surface area contributed by atoms with Crippen LogP contribution >= 0.6 is 0 Å². The molecule has 5 heteroatoms. The Morgan fingerprint density at radius 3 is 2.50 bits per heavy atom. The summed E-state index contributed by atoms with van der Waals surface area (Å²) < 4.78 is 5.28. The number of hydrogen-bond acceptors (Lipinski definition) is 3. The maximum atomic E-state index is 13.1. The van der Waals surface area contributed by atoms with E-state index in [-0.39, 0.29) is 12.5 Å². The van der Waals surface area contributed by atoms with Gasteiger partial charge in [0.05, 0.1) is 6.61 Å². The minimum atomic E-state index is -1.05. The molecular weight excluding hydrogens is 306 g/mol. The number of rotatable bonds is 8. The largest absolute Gasteiger partial charge is 0.480 e. The minimum Gasteiger partial charge on any atom is -0.480 e. The molecule has 0 heterocycles. The van der Waals surface area contributed by atoms with Gasteiger partial charge >= 0.3 is 5.97 Å². The van der Waals surface area contributed by atoms with Crippen LogP contribution in [0, 0.1) is 0 Å². The van der Waals surface area contributed by atoms with Gasteiger partial charge in [0.2, 0.25) is 0 Å². The Bertz CT molecular complexity index is 708. The summed E-state index contributed by atoms with van der Waals surface area (Å²) in [6.07, 6.45) is 0.673. The number of carboxylic acids is 1. The molecule has 2 aromatic rings. The quantitative estimate of drug-likeness (QED) is 0.808. The number of carboxylic acid groups (broad SMARTS) is 1. The Hall–Kier alpha value is -2.40. The molecule has 2 rings (SSSR count). The number of nitrogens with zero attached hydrogens (tertiary/aromatic N) is 1.